The molecule has 1 aliphatic rings. The zero-order valence-corrected chi connectivity index (χ0v) is 7.88. The van der Waals surface area contributed by atoms with E-state index in [1.807, 2.05) is 0 Å². The SMILES string of the molecule is CC(N)C1CCCN1C(C)C. The summed E-state index contributed by atoms with van der Waals surface area (Å²) in [6.45, 7) is 7.86. The fourth-order valence-electron chi connectivity index (χ4n) is 2.02. The first kappa shape index (κ1) is 9.01. The van der Waals surface area contributed by atoms with Crippen LogP contribution in [0.25, 0.3) is 0 Å². The minimum absolute atomic E-state index is 0.333. The van der Waals surface area contributed by atoms with Gasteiger partial charge in [0.1, 0.15) is 0 Å². The van der Waals surface area contributed by atoms with E-state index in [0.29, 0.717) is 18.1 Å². The molecule has 1 rings (SSSR count). The molecule has 1 fully saturated rings. The van der Waals surface area contributed by atoms with Crippen LogP contribution in [0.2, 0.25) is 0 Å². The molecule has 1 aliphatic heterocycles. The monoisotopic (exact) mass is 156 g/mol. The van der Waals surface area contributed by atoms with Crippen LogP contribution >= 0.6 is 0 Å². The molecule has 2 nitrogen and oxygen atoms in total. The summed E-state index contributed by atoms with van der Waals surface area (Å²) in [4.78, 5) is 2.52. The highest BCUT2D eigenvalue weighted by Crippen LogP contribution is 2.21. The van der Waals surface area contributed by atoms with E-state index < -0.39 is 0 Å². The topological polar surface area (TPSA) is 29.3 Å². The van der Waals surface area contributed by atoms with E-state index in [1.54, 1.807) is 0 Å². The lowest BCUT2D eigenvalue weighted by Crippen LogP contribution is -2.45. The lowest BCUT2D eigenvalue weighted by atomic mass is 10.1. The molecule has 1 saturated heterocycles. The van der Waals surface area contributed by atoms with Crippen molar-refractivity contribution >= 4 is 0 Å². The Morgan fingerprint density at radius 2 is 2.00 bits per heavy atom. The van der Waals surface area contributed by atoms with E-state index >= 15 is 0 Å². The third kappa shape index (κ3) is 1.94. The summed E-state index contributed by atoms with van der Waals surface area (Å²) in [5.41, 5.74) is 5.88. The third-order valence-electron chi connectivity index (χ3n) is 2.61. The summed E-state index contributed by atoms with van der Waals surface area (Å²) < 4.78 is 0. The van der Waals surface area contributed by atoms with Gasteiger partial charge in [0, 0.05) is 18.1 Å². The molecule has 2 N–H and O–H groups in total. The minimum atomic E-state index is 0.333. The fraction of sp³-hybridized carbons (Fsp3) is 1.00. The van der Waals surface area contributed by atoms with Gasteiger partial charge in [0.05, 0.1) is 0 Å². The maximum atomic E-state index is 5.88. The maximum Gasteiger partial charge on any atom is 0.0247 e. The summed E-state index contributed by atoms with van der Waals surface area (Å²) >= 11 is 0. The van der Waals surface area contributed by atoms with Crippen molar-refractivity contribution in [3.05, 3.63) is 0 Å². The van der Waals surface area contributed by atoms with Crippen LogP contribution in [0.5, 0.6) is 0 Å². The molecule has 0 bridgehead atoms. The number of likely N-dealkylation sites (tertiary alicyclic amines) is 1. The minimum Gasteiger partial charge on any atom is -0.327 e. The van der Waals surface area contributed by atoms with Crippen LogP contribution in [0.1, 0.15) is 33.6 Å². The first-order valence-electron chi connectivity index (χ1n) is 4.64. The van der Waals surface area contributed by atoms with Crippen LogP contribution in [-0.4, -0.2) is 29.6 Å². The van der Waals surface area contributed by atoms with Gasteiger partial charge in [0.15, 0.2) is 0 Å². The Kier molecular flexibility index (Phi) is 2.90. The molecule has 0 spiro atoms. The molecule has 11 heavy (non-hydrogen) atoms. The zero-order valence-electron chi connectivity index (χ0n) is 7.88. The normalized spacial score (nSPS) is 29.7. The average molecular weight is 156 g/mol. The molecule has 0 saturated carbocycles. The largest absolute Gasteiger partial charge is 0.327 e. The molecule has 0 radical (unpaired) electrons. The van der Waals surface area contributed by atoms with Crippen molar-refractivity contribution in [1.29, 1.82) is 0 Å². The van der Waals surface area contributed by atoms with Crippen LogP contribution in [0.3, 0.4) is 0 Å². The Bertz CT molecular complexity index is 107. The van der Waals surface area contributed by atoms with Crippen molar-refractivity contribution in [3.63, 3.8) is 0 Å². The molecule has 0 aromatic rings. The Hall–Kier alpha value is -0.0800. The summed E-state index contributed by atoms with van der Waals surface area (Å²) in [5, 5.41) is 0. The number of rotatable bonds is 2. The molecule has 2 unspecified atom stereocenters. The third-order valence-corrected chi connectivity index (χ3v) is 2.61. The Morgan fingerprint density at radius 3 is 2.36 bits per heavy atom. The summed E-state index contributed by atoms with van der Waals surface area (Å²) in [6, 6.07) is 1.63. The Morgan fingerprint density at radius 1 is 1.36 bits per heavy atom. The maximum absolute atomic E-state index is 5.88. The highest BCUT2D eigenvalue weighted by molar-refractivity contribution is 4.86. The Balaban J connectivity index is 2.51. The molecule has 0 amide bonds. The summed E-state index contributed by atoms with van der Waals surface area (Å²) in [5.74, 6) is 0. The molecule has 0 aliphatic carbocycles. The van der Waals surface area contributed by atoms with Crippen molar-refractivity contribution in [2.24, 2.45) is 5.73 Å². The fourth-order valence-corrected chi connectivity index (χ4v) is 2.02. The molecule has 2 heteroatoms. The predicted octanol–water partition coefficient (Wildman–Crippen LogP) is 1.21. The van der Waals surface area contributed by atoms with Crippen LogP contribution in [0.15, 0.2) is 0 Å². The molecule has 0 aromatic carbocycles. The van der Waals surface area contributed by atoms with E-state index in [0.717, 1.165) is 0 Å². The van der Waals surface area contributed by atoms with Gasteiger partial charge in [-0.2, -0.15) is 0 Å². The van der Waals surface area contributed by atoms with E-state index in [-0.39, 0.29) is 0 Å². The smallest absolute Gasteiger partial charge is 0.0247 e. The summed E-state index contributed by atoms with van der Waals surface area (Å²) in [6.07, 6.45) is 2.61. The van der Waals surface area contributed by atoms with Gasteiger partial charge in [0.25, 0.3) is 0 Å². The van der Waals surface area contributed by atoms with E-state index in [9.17, 15) is 0 Å². The number of nitrogens with two attached hydrogens (primary N) is 1. The molecule has 0 aromatic heterocycles. The van der Waals surface area contributed by atoms with Gasteiger partial charge in [0.2, 0.25) is 0 Å². The van der Waals surface area contributed by atoms with Gasteiger partial charge in [-0.1, -0.05) is 0 Å². The van der Waals surface area contributed by atoms with Crippen molar-refractivity contribution in [2.45, 2.75) is 51.7 Å². The number of nitrogens with zero attached hydrogens (tertiary/aromatic N) is 1. The van der Waals surface area contributed by atoms with Crippen molar-refractivity contribution in [3.8, 4) is 0 Å². The molecular weight excluding hydrogens is 136 g/mol. The average Bonchev–Trinajstić information content (AvgIpc) is 2.32. The first-order valence-corrected chi connectivity index (χ1v) is 4.64. The first-order chi connectivity index (χ1) is 5.13. The van der Waals surface area contributed by atoms with Gasteiger partial charge >= 0.3 is 0 Å². The number of hydrogen-bond donors (Lipinski definition) is 1. The van der Waals surface area contributed by atoms with Gasteiger partial charge in [-0.3, -0.25) is 4.90 Å². The van der Waals surface area contributed by atoms with Crippen molar-refractivity contribution < 1.29 is 0 Å². The summed E-state index contributed by atoms with van der Waals surface area (Å²) in [7, 11) is 0. The lowest BCUT2D eigenvalue weighted by Gasteiger charge is -2.30. The standard InChI is InChI=1S/C9H20N2/c1-7(2)11-6-4-5-9(11)8(3)10/h7-9H,4-6,10H2,1-3H3. The van der Waals surface area contributed by atoms with Gasteiger partial charge in [-0.05, 0) is 40.2 Å². The van der Waals surface area contributed by atoms with E-state index in [2.05, 4.69) is 25.7 Å². The van der Waals surface area contributed by atoms with E-state index in [4.69, 9.17) is 5.73 Å². The van der Waals surface area contributed by atoms with Crippen LogP contribution < -0.4 is 5.73 Å². The van der Waals surface area contributed by atoms with Crippen LogP contribution in [0.4, 0.5) is 0 Å². The molecule has 66 valence electrons. The molecule has 2 atom stereocenters. The van der Waals surface area contributed by atoms with Crippen molar-refractivity contribution in [2.75, 3.05) is 6.54 Å². The quantitative estimate of drug-likeness (QED) is 0.651. The van der Waals surface area contributed by atoms with E-state index in [1.165, 1.54) is 19.4 Å². The predicted molar refractivity (Wildman–Crippen MR) is 48.5 cm³/mol. The van der Waals surface area contributed by atoms with Crippen LogP contribution in [-0.2, 0) is 0 Å². The van der Waals surface area contributed by atoms with Crippen LogP contribution in [0, 0.1) is 0 Å². The highest BCUT2D eigenvalue weighted by atomic mass is 15.2. The second-order valence-electron chi connectivity index (χ2n) is 3.90. The molecule has 1 heterocycles. The second kappa shape index (κ2) is 3.55. The van der Waals surface area contributed by atoms with Gasteiger partial charge in [-0.15, -0.1) is 0 Å². The highest BCUT2D eigenvalue weighted by Gasteiger charge is 2.28. The molecular formula is C9H20N2. The Labute approximate surface area is 69.8 Å². The van der Waals surface area contributed by atoms with Gasteiger partial charge in [-0.25, -0.2) is 0 Å². The number of hydrogen-bond acceptors (Lipinski definition) is 2. The zero-order chi connectivity index (χ0) is 8.43. The van der Waals surface area contributed by atoms with Crippen molar-refractivity contribution in [1.82, 2.24) is 4.90 Å². The second-order valence-corrected chi connectivity index (χ2v) is 3.90. The van der Waals surface area contributed by atoms with Gasteiger partial charge < -0.3 is 5.73 Å². The lowest BCUT2D eigenvalue weighted by molar-refractivity contribution is 0.185.